The van der Waals surface area contributed by atoms with E-state index in [1.54, 1.807) is 13.2 Å². The Morgan fingerprint density at radius 1 is 1.05 bits per heavy atom. The number of methoxy groups -OCH3 is 1. The van der Waals surface area contributed by atoms with Gasteiger partial charge in [0.05, 0.1) is 17.7 Å². The highest BCUT2D eigenvalue weighted by atomic mass is 35.5. The zero-order valence-electron chi connectivity index (χ0n) is 20.3. The Hall–Kier alpha value is -3.70. The van der Waals surface area contributed by atoms with E-state index in [0.717, 1.165) is 12.1 Å². The SMILES string of the molecule is COC1CC(Nc2cc(NC(=O)c3cc(F)cc(C(F)(F)F)c3)c3c(c2)C(=O)NC3c2cc(F)ccc2Cl)C1. The molecular weight excluding hydrogens is 545 g/mol. The Morgan fingerprint density at radius 3 is 2.49 bits per heavy atom. The highest BCUT2D eigenvalue weighted by molar-refractivity contribution is 6.31. The molecule has 0 saturated heterocycles. The lowest BCUT2D eigenvalue weighted by molar-refractivity contribution is -0.137. The molecular formula is C27H21ClF5N3O3. The number of carbonyl (C=O) groups excluding carboxylic acids is 2. The molecule has 3 N–H and O–H groups in total. The molecule has 3 aromatic carbocycles. The van der Waals surface area contributed by atoms with Crippen molar-refractivity contribution < 1.29 is 36.3 Å². The summed E-state index contributed by atoms with van der Waals surface area (Å²) in [5.41, 5.74) is -0.780. The Labute approximate surface area is 224 Å². The topological polar surface area (TPSA) is 79.5 Å². The molecule has 12 heteroatoms. The van der Waals surface area contributed by atoms with Crippen LogP contribution < -0.4 is 16.0 Å². The predicted octanol–water partition coefficient (Wildman–Crippen LogP) is 6.31. The number of ether oxygens (including phenoxy) is 1. The van der Waals surface area contributed by atoms with Crippen LogP contribution >= 0.6 is 11.6 Å². The lowest BCUT2D eigenvalue weighted by Gasteiger charge is -2.35. The van der Waals surface area contributed by atoms with E-state index in [4.69, 9.17) is 16.3 Å². The summed E-state index contributed by atoms with van der Waals surface area (Å²) in [4.78, 5) is 26.1. The normalized spacial score (nSPS) is 20.2. The summed E-state index contributed by atoms with van der Waals surface area (Å²) >= 11 is 6.30. The molecule has 0 radical (unpaired) electrons. The van der Waals surface area contributed by atoms with Crippen LogP contribution in [0.3, 0.4) is 0 Å². The van der Waals surface area contributed by atoms with E-state index in [1.807, 2.05) is 0 Å². The third-order valence-electron chi connectivity index (χ3n) is 6.79. The molecule has 0 aromatic heterocycles. The standard InChI is InChI=1S/C27H21ClF5N3O3/c1-39-18-8-16(9-18)34-17-10-20-23(24(36-26(20)38)19-7-14(29)2-3-21(19)28)22(11-17)35-25(37)12-4-13(27(31,32)33)6-15(30)5-12/h2-7,10-11,16,18,24,34H,8-9H2,1H3,(H,35,37)(H,36,38). The fourth-order valence-corrected chi connectivity index (χ4v) is 5.01. The van der Waals surface area contributed by atoms with E-state index < -0.39 is 46.8 Å². The van der Waals surface area contributed by atoms with Crippen molar-refractivity contribution in [2.45, 2.75) is 37.2 Å². The molecule has 6 nitrogen and oxygen atoms in total. The molecule has 0 bridgehead atoms. The molecule has 1 heterocycles. The molecule has 1 unspecified atom stereocenters. The smallest absolute Gasteiger partial charge is 0.382 e. The molecule has 1 aliphatic heterocycles. The van der Waals surface area contributed by atoms with Crippen molar-refractivity contribution in [2.24, 2.45) is 0 Å². The quantitative estimate of drug-likeness (QED) is 0.306. The highest BCUT2D eigenvalue weighted by Gasteiger charge is 2.36. The zero-order chi connectivity index (χ0) is 28.1. The molecule has 0 spiro atoms. The van der Waals surface area contributed by atoms with Crippen molar-refractivity contribution >= 4 is 34.8 Å². The minimum absolute atomic E-state index is 0.0204. The van der Waals surface area contributed by atoms with E-state index in [0.29, 0.717) is 30.7 Å². The van der Waals surface area contributed by atoms with Gasteiger partial charge in [-0.15, -0.1) is 0 Å². The van der Waals surface area contributed by atoms with Crippen LogP contribution in [0.15, 0.2) is 48.5 Å². The van der Waals surface area contributed by atoms with Crippen molar-refractivity contribution in [3.05, 3.63) is 93.0 Å². The summed E-state index contributed by atoms with van der Waals surface area (Å²) in [5.74, 6) is -3.42. The number of rotatable bonds is 6. The van der Waals surface area contributed by atoms with Gasteiger partial charge in [0.15, 0.2) is 0 Å². The number of anilines is 2. The summed E-state index contributed by atoms with van der Waals surface area (Å²) in [5, 5.41) is 8.64. The molecule has 3 aromatic rings. The van der Waals surface area contributed by atoms with Gasteiger partial charge in [0, 0.05) is 51.8 Å². The number of nitrogens with one attached hydrogen (secondary N) is 3. The minimum atomic E-state index is -4.87. The number of halogens is 6. The highest BCUT2D eigenvalue weighted by Crippen LogP contribution is 2.42. The van der Waals surface area contributed by atoms with E-state index in [-0.39, 0.29) is 45.6 Å². The maximum atomic E-state index is 14.1. The first-order valence-electron chi connectivity index (χ1n) is 11.8. The van der Waals surface area contributed by atoms with Gasteiger partial charge in [-0.2, -0.15) is 13.2 Å². The van der Waals surface area contributed by atoms with Gasteiger partial charge in [0.25, 0.3) is 11.8 Å². The molecule has 1 fully saturated rings. The van der Waals surface area contributed by atoms with Gasteiger partial charge in [-0.1, -0.05) is 11.6 Å². The summed E-state index contributed by atoms with van der Waals surface area (Å²) in [6.07, 6.45) is -3.39. The first-order chi connectivity index (χ1) is 18.4. The second kappa shape index (κ2) is 10.1. The van der Waals surface area contributed by atoms with Crippen LogP contribution in [-0.2, 0) is 10.9 Å². The second-order valence-corrected chi connectivity index (χ2v) is 9.82. The van der Waals surface area contributed by atoms with Crippen LogP contribution in [0, 0.1) is 11.6 Å². The number of benzene rings is 3. The largest absolute Gasteiger partial charge is 0.416 e. The molecule has 2 aliphatic rings. The predicted molar refractivity (Wildman–Crippen MR) is 134 cm³/mol. The maximum Gasteiger partial charge on any atom is 0.416 e. The summed E-state index contributed by atoms with van der Waals surface area (Å²) in [6.45, 7) is 0. The second-order valence-electron chi connectivity index (χ2n) is 9.41. The van der Waals surface area contributed by atoms with Crippen LogP contribution in [0.4, 0.5) is 33.3 Å². The number of carbonyl (C=O) groups is 2. The van der Waals surface area contributed by atoms with E-state index in [2.05, 4.69) is 16.0 Å². The van der Waals surface area contributed by atoms with Gasteiger partial charge in [-0.25, -0.2) is 8.78 Å². The number of fused-ring (bicyclic) bond motifs is 1. The van der Waals surface area contributed by atoms with Crippen molar-refractivity contribution in [3.63, 3.8) is 0 Å². The van der Waals surface area contributed by atoms with Crippen molar-refractivity contribution in [2.75, 3.05) is 17.7 Å². The monoisotopic (exact) mass is 565 g/mol. The fraction of sp³-hybridized carbons (Fsp3) is 0.259. The molecule has 39 heavy (non-hydrogen) atoms. The van der Waals surface area contributed by atoms with Crippen molar-refractivity contribution in [1.29, 1.82) is 0 Å². The van der Waals surface area contributed by atoms with Crippen molar-refractivity contribution in [1.82, 2.24) is 5.32 Å². The summed E-state index contributed by atoms with van der Waals surface area (Å²) in [7, 11) is 1.60. The third kappa shape index (κ3) is 5.41. The average molecular weight is 566 g/mol. The Balaban J connectivity index is 1.56. The molecule has 1 saturated carbocycles. The Kier molecular flexibility index (Phi) is 6.98. The van der Waals surface area contributed by atoms with Gasteiger partial charge >= 0.3 is 6.18 Å². The maximum absolute atomic E-state index is 14.1. The fourth-order valence-electron chi connectivity index (χ4n) is 4.78. The zero-order valence-corrected chi connectivity index (χ0v) is 21.0. The first-order valence-corrected chi connectivity index (χ1v) is 12.2. The van der Waals surface area contributed by atoms with Crippen LogP contribution in [0.25, 0.3) is 0 Å². The van der Waals surface area contributed by atoms with Gasteiger partial charge in [0.1, 0.15) is 11.6 Å². The van der Waals surface area contributed by atoms with Gasteiger partial charge in [0.2, 0.25) is 0 Å². The van der Waals surface area contributed by atoms with Crippen LogP contribution in [0.2, 0.25) is 5.02 Å². The minimum Gasteiger partial charge on any atom is -0.382 e. The van der Waals surface area contributed by atoms with Crippen LogP contribution in [0.1, 0.15) is 56.3 Å². The lowest BCUT2D eigenvalue weighted by Crippen LogP contribution is -2.40. The Morgan fingerprint density at radius 2 is 1.79 bits per heavy atom. The van der Waals surface area contributed by atoms with E-state index >= 15 is 0 Å². The van der Waals surface area contributed by atoms with E-state index in [9.17, 15) is 31.5 Å². The van der Waals surface area contributed by atoms with Crippen molar-refractivity contribution in [3.8, 4) is 0 Å². The molecule has 2 amide bonds. The summed E-state index contributed by atoms with van der Waals surface area (Å²) < 4.78 is 73.1. The van der Waals surface area contributed by atoms with Gasteiger partial charge < -0.3 is 20.7 Å². The van der Waals surface area contributed by atoms with Gasteiger partial charge in [-0.3, -0.25) is 9.59 Å². The molecule has 1 aliphatic carbocycles. The average Bonchev–Trinajstić information content (AvgIpc) is 3.18. The first kappa shape index (κ1) is 26.9. The molecule has 204 valence electrons. The summed E-state index contributed by atoms with van der Waals surface area (Å²) in [6, 6.07) is 7.23. The van der Waals surface area contributed by atoms with Crippen LogP contribution in [0.5, 0.6) is 0 Å². The molecule has 1 atom stereocenters. The number of amides is 2. The van der Waals surface area contributed by atoms with E-state index in [1.165, 1.54) is 12.1 Å². The van der Waals surface area contributed by atoms with Crippen LogP contribution in [-0.4, -0.2) is 31.1 Å². The Bertz CT molecular complexity index is 1470. The number of alkyl halides is 3. The van der Waals surface area contributed by atoms with Gasteiger partial charge in [-0.05, 0) is 61.4 Å². The lowest BCUT2D eigenvalue weighted by atomic mass is 9.88. The number of hydrogen-bond acceptors (Lipinski definition) is 4. The molecule has 5 rings (SSSR count). The third-order valence-corrected chi connectivity index (χ3v) is 7.14. The number of hydrogen-bond donors (Lipinski definition) is 3.